The minimum Gasteiger partial charge on any atom is -0.382 e. The van der Waals surface area contributed by atoms with Crippen LogP contribution in [-0.2, 0) is 9.84 Å². The van der Waals surface area contributed by atoms with Crippen LogP contribution in [0.4, 0.5) is 10.2 Å². The number of pyridine rings is 1. The number of nitrogens with zero attached hydrogens (tertiary/aromatic N) is 7. The van der Waals surface area contributed by atoms with Crippen molar-refractivity contribution in [2.75, 3.05) is 12.0 Å². The summed E-state index contributed by atoms with van der Waals surface area (Å²) in [6, 6.07) is 9.57. The Morgan fingerprint density at radius 1 is 1.05 bits per heavy atom. The van der Waals surface area contributed by atoms with E-state index in [-0.39, 0.29) is 46.3 Å². The molecule has 2 bridgehead atoms. The van der Waals surface area contributed by atoms with Crippen molar-refractivity contribution in [1.82, 2.24) is 39.7 Å². The van der Waals surface area contributed by atoms with Gasteiger partial charge in [0.15, 0.2) is 15.5 Å². The molecule has 5 aromatic rings. The fourth-order valence-corrected chi connectivity index (χ4v) is 7.45. The fourth-order valence-electron chi connectivity index (χ4n) is 6.39. The van der Waals surface area contributed by atoms with Gasteiger partial charge < -0.3 is 15.6 Å². The Hall–Kier alpha value is -4.72. The Bertz CT molecular complexity index is 1910. The lowest BCUT2D eigenvalue weighted by molar-refractivity contribution is 0.0556. The first kappa shape index (κ1) is 26.2. The third-order valence-electron chi connectivity index (χ3n) is 8.22. The van der Waals surface area contributed by atoms with Crippen molar-refractivity contribution in [1.29, 1.82) is 0 Å². The van der Waals surface area contributed by atoms with Gasteiger partial charge in [0, 0.05) is 47.1 Å². The van der Waals surface area contributed by atoms with Crippen molar-refractivity contribution >= 4 is 27.2 Å². The zero-order valence-corrected chi connectivity index (χ0v) is 23.3. The summed E-state index contributed by atoms with van der Waals surface area (Å²) in [5.74, 6) is -0.588. The van der Waals surface area contributed by atoms with Gasteiger partial charge in [0.1, 0.15) is 22.9 Å². The molecule has 1 aromatic carbocycles. The van der Waals surface area contributed by atoms with Gasteiger partial charge in [-0.05, 0) is 56.0 Å². The number of benzene rings is 1. The molecular weight excluding hydrogens is 561 g/mol. The number of nitrogens with one attached hydrogen (secondary N) is 1. The number of halogens is 1. The Morgan fingerprint density at radius 2 is 1.76 bits per heavy atom. The first-order valence-electron chi connectivity index (χ1n) is 13.5. The molecule has 3 atom stereocenters. The predicted molar refractivity (Wildman–Crippen MR) is 150 cm³/mol. The van der Waals surface area contributed by atoms with Crippen LogP contribution in [0.2, 0.25) is 0 Å². The number of aromatic amines is 1. The fraction of sp³-hybridized carbons (Fsp3) is 0.286. The maximum Gasteiger partial charge on any atom is 0.292 e. The van der Waals surface area contributed by atoms with Crippen LogP contribution in [0.15, 0.2) is 60.0 Å². The Balaban J connectivity index is 1.27. The molecule has 0 radical (unpaired) electrons. The number of hydrogen-bond acceptors (Lipinski definition) is 9. The lowest BCUT2D eigenvalue weighted by atomic mass is 9.87. The number of anilines is 1. The second-order valence-corrected chi connectivity index (χ2v) is 12.8. The Labute approximate surface area is 239 Å². The van der Waals surface area contributed by atoms with Crippen molar-refractivity contribution in [2.24, 2.45) is 0 Å². The van der Waals surface area contributed by atoms with E-state index in [4.69, 9.17) is 10.7 Å². The minimum absolute atomic E-state index is 0.00726. The summed E-state index contributed by atoms with van der Waals surface area (Å²) in [7, 11) is -3.77. The molecule has 214 valence electrons. The Kier molecular flexibility index (Phi) is 6.04. The van der Waals surface area contributed by atoms with Gasteiger partial charge in [-0.3, -0.25) is 9.78 Å². The maximum atomic E-state index is 13.4. The van der Waals surface area contributed by atoms with E-state index >= 15 is 0 Å². The average Bonchev–Trinajstić information content (AvgIpc) is 3.71. The molecule has 12 nitrogen and oxygen atoms in total. The van der Waals surface area contributed by atoms with Crippen molar-refractivity contribution in [3.05, 3.63) is 72.5 Å². The summed E-state index contributed by atoms with van der Waals surface area (Å²) in [6.45, 7) is 0. The SMILES string of the molecule is CS(=O)(=O)c1c([C@H]2C[C@H]3CC[C@@H](C2)N3C(=O)c2nnc[nH]2)nc2c(-c3ccc(-c4ccc(F)cc4)nc3)cnn2c1N. The van der Waals surface area contributed by atoms with Gasteiger partial charge in [0.2, 0.25) is 5.82 Å². The van der Waals surface area contributed by atoms with E-state index in [1.807, 2.05) is 17.0 Å². The number of amides is 1. The molecule has 1 amide bonds. The van der Waals surface area contributed by atoms with E-state index in [9.17, 15) is 17.6 Å². The zero-order chi connectivity index (χ0) is 29.2. The van der Waals surface area contributed by atoms with Gasteiger partial charge in [0.25, 0.3) is 5.91 Å². The molecule has 0 aliphatic carbocycles. The standard InChI is InChI=1S/C28H26FN9O3S/c1-42(40,41)24-23(17-10-19-7-8-20(11-17)37(19)28(39)26-32-14-33-36-26)35-27-21(13-34-38(27)25(24)30)16-4-9-22(31-12-16)15-2-5-18(29)6-3-15/h2-6,9,12-14,17,19-20H,7-8,10-11,30H2,1H3,(H,32,33,36)/t17-,19+,20-. The number of rotatable bonds is 5. The van der Waals surface area contributed by atoms with Crippen molar-refractivity contribution in [2.45, 2.75) is 48.6 Å². The number of piperidine rings is 1. The van der Waals surface area contributed by atoms with Crippen LogP contribution < -0.4 is 5.73 Å². The van der Waals surface area contributed by atoms with Crippen molar-refractivity contribution in [3.8, 4) is 22.4 Å². The number of nitrogens with two attached hydrogens (primary N) is 1. The molecule has 3 N–H and O–H groups in total. The second-order valence-electron chi connectivity index (χ2n) is 10.8. The number of sulfone groups is 1. The summed E-state index contributed by atoms with van der Waals surface area (Å²) in [5, 5.41) is 12.0. The van der Waals surface area contributed by atoms with Crippen molar-refractivity contribution in [3.63, 3.8) is 0 Å². The van der Waals surface area contributed by atoms with Gasteiger partial charge >= 0.3 is 0 Å². The molecule has 0 spiro atoms. The highest BCUT2D eigenvalue weighted by Gasteiger charge is 2.46. The van der Waals surface area contributed by atoms with Crippen molar-refractivity contribution < 1.29 is 17.6 Å². The molecule has 42 heavy (non-hydrogen) atoms. The topological polar surface area (TPSA) is 165 Å². The third-order valence-corrected chi connectivity index (χ3v) is 9.38. The lowest BCUT2D eigenvalue weighted by Gasteiger charge is -2.38. The number of hydrogen-bond donors (Lipinski definition) is 2. The highest BCUT2D eigenvalue weighted by Crippen LogP contribution is 2.45. The van der Waals surface area contributed by atoms with E-state index < -0.39 is 9.84 Å². The monoisotopic (exact) mass is 587 g/mol. The molecule has 4 aromatic heterocycles. The number of nitrogen functional groups attached to an aromatic ring is 1. The molecule has 6 heterocycles. The number of carbonyl (C=O) groups is 1. The minimum atomic E-state index is -3.77. The van der Waals surface area contributed by atoms with E-state index in [0.29, 0.717) is 41.0 Å². The van der Waals surface area contributed by atoms with Gasteiger partial charge in [-0.25, -0.2) is 17.8 Å². The van der Waals surface area contributed by atoms with Crippen LogP contribution in [-0.4, -0.2) is 72.3 Å². The summed E-state index contributed by atoms with van der Waals surface area (Å²) in [6.07, 6.45) is 8.44. The number of H-pyrrole nitrogens is 1. The molecule has 2 aliphatic rings. The van der Waals surface area contributed by atoms with Crippen LogP contribution in [0.1, 0.15) is 47.9 Å². The largest absolute Gasteiger partial charge is 0.382 e. The molecule has 0 unspecified atom stereocenters. The predicted octanol–water partition coefficient (Wildman–Crippen LogP) is 3.25. The van der Waals surface area contributed by atoms with Crippen LogP contribution in [0, 0.1) is 5.82 Å². The van der Waals surface area contributed by atoms with Gasteiger partial charge in [-0.1, -0.05) is 6.07 Å². The zero-order valence-electron chi connectivity index (χ0n) is 22.5. The van der Waals surface area contributed by atoms with Gasteiger partial charge in [-0.2, -0.15) is 9.61 Å². The van der Waals surface area contributed by atoms with Gasteiger partial charge in [0.05, 0.1) is 17.6 Å². The quantitative estimate of drug-likeness (QED) is 0.314. The molecule has 0 saturated carbocycles. The lowest BCUT2D eigenvalue weighted by Crippen LogP contribution is -2.46. The average molecular weight is 588 g/mol. The number of carbonyl (C=O) groups excluding carboxylic acids is 1. The summed E-state index contributed by atoms with van der Waals surface area (Å²) < 4.78 is 40.8. The molecule has 2 fully saturated rings. The molecular formula is C28H26FN9O3S. The summed E-state index contributed by atoms with van der Waals surface area (Å²) in [5.41, 5.74) is 10.1. The highest BCUT2D eigenvalue weighted by molar-refractivity contribution is 7.91. The van der Waals surface area contributed by atoms with E-state index in [1.54, 1.807) is 24.5 Å². The van der Waals surface area contributed by atoms with Crippen LogP contribution in [0.5, 0.6) is 0 Å². The maximum absolute atomic E-state index is 13.4. The first-order valence-corrected chi connectivity index (χ1v) is 15.4. The summed E-state index contributed by atoms with van der Waals surface area (Å²) >= 11 is 0. The molecule has 14 heteroatoms. The Morgan fingerprint density at radius 3 is 2.38 bits per heavy atom. The third kappa shape index (κ3) is 4.29. The van der Waals surface area contributed by atoms with E-state index in [0.717, 1.165) is 24.7 Å². The van der Waals surface area contributed by atoms with Crippen LogP contribution in [0.3, 0.4) is 0 Å². The van der Waals surface area contributed by atoms with Crippen LogP contribution >= 0.6 is 0 Å². The number of aromatic nitrogens is 7. The molecule has 7 rings (SSSR count). The molecule has 2 aliphatic heterocycles. The van der Waals surface area contributed by atoms with E-state index in [1.165, 1.54) is 23.0 Å². The smallest absolute Gasteiger partial charge is 0.292 e. The van der Waals surface area contributed by atoms with E-state index in [2.05, 4.69) is 25.3 Å². The molecule has 2 saturated heterocycles. The summed E-state index contributed by atoms with van der Waals surface area (Å²) in [4.78, 5) is 27.2. The first-order chi connectivity index (χ1) is 20.2. The van der Waals surface area contributed by atoms with Crippen LogP contribution in [0.25, 0.3) is 28.0 Å². The highest BCUT2D eigenvalue weighted by atomic mass is 32.2. The normalized spacial score (nSPS) is 20.3. The second kappa shape index (κ2) is 9.69. The van der Waals surface area contributed by atoms with Gasteiger partial charge in [-0.15, -0.1) is 10.2 Å². The number of fused-ring (bicyclic) bond motifs is 3.